The van der Waals surface area contributed by atoms with Crippen LogP contribution in [-0.4, -0.2) is 36.3 Å². The van der Waals surface area contributed by atoms with E-state index in [1.807, 2.05) is 6.92 Å². The zero-order chi connectivity index (χ0) is 17.9. The lowest BCUT2D eigenvalue weighted by Crippen LogP contribution is -2.36. The molecule has 24 heavy (non-hydrogen) atoms. The van der Waals surface area contributed by atoms with Gasteiger partial charge >= 0.3 is 0 Å². The number of nitrogens with zero attached hydrogens (tertiary/aromatic N) is 1. The predicted molar refractivity (Wildman–Crippen MR) is 96.1 cm³/mol. The third kappa shape index (κ3) is 6.77. The summed E-state index contributed by atoms with van der Waals surface area (Å²) in [6, 6.07) is 1.78. The molecule has 136 valence electrons. The minimum absolute atomic E-state index is 0.0143. The molecule has 1 N–H and O–H groups in total. The van der Waals surface area contributed by atoms with E-state index in [-0.39, 0.29) is 11.8 Å². The average Bonchev–Trinajstić information content (AvgIpc) is 2.89. The van der Waals surface area contributed by atoms with Gasteiger partial charge in [0.1, 0.15) is 11.5 Å². The van der Waals surface area contributed by atoms with E-state index in [1.54, 1.807) is 17.9 Å². The molecule has 2 amide bonds. The highest BCUT2D eigenvalue weighted by Crippen LogP contribution is 2.16. The minimum Gasteiger partial charge on any atom is -0.466 e. The third-order valence-electron chi connectivity index (χ3n) is 4.05. The maximum absolute atomic E-state index is 12.7. The van der Waals surface area contributed by atoms with Gasteiger partial charge in [-0.05, 0) is 32.8 Å². The minimum atomic E-state index is -0.0448. The number of carbonyl (C=O) groups excluding carboxylic acids is 2. The topological polar surface area (TPSA) is 62.6 Å². The highest BCUT2D eigenvalue weighted by Gasteiger charge is 2.20. The molecule has 1 aromatic heterocycles. The third-order valence-corrected chi connectivity index (χ3v) is 4.05. The standard InChI is InChI=1S/C19H32N2O3/c1-5-7-9-11-20-18(22)10-13-21(12-8-6-2)19(23)17-14-15(3)24-16(17)4/h14H,5-13H2,1-4H3,(H,20,22). The number of hydrogen-bond donors (Lipinski definition) is 1. The molecule has 0 saturated heterocycles. The number of carbonyl (C=O) groups is 2. The Labute approximate surface area is 145 Å². The quantitative estimate of drug-likeness (QED) is 0.625. The molecule has 0 saturated carbocycles. The molecule has 5 heteroatoms. The van der Waals surface area contributed by atoms with Crippen molar-refractivity contribution >= 4 is 11.8 Å². The van der Waals surface area contributed by atoms with Crippen LogP contribution >= 0.6 is 0 Å². The Morgan fingerprint density at radius 2 is 1.79 bits per heavy atom. The second-order valence-corrected chi connectivity index (χ2v) is 6.28. The van der Waals surface area contributed by atoms with Crippen molar-refractivity contribution in [1.29, 1.82) is 0 Å². The van der Waals surface area contributed by atoms with Gasteiger partial charge in [-0.15, -0.1) is 0 Å². The fraction of sp³-hybridized carbons (Fsp3) is 0.684. The van der Waals surface area contributed by atoms with Crippen LogP contribution in [0, 0.1) is 13.8 Å². The summed E-state index contributed by atoms with van der Waals surface area (Å²) >= 11 is 0. The summed E-state index contributed by atoms with van der Waals surface area (Å²) in [6.07, 6.45) is 5.56. The second kappa shape index (κ2) is 10.9. The van der Waals surface area contributed by atoms with Crippen molar-refractivity contribution in [2.75, 3.05) is 19.6 Å². The maximum atomic E-state index is 12.7. The normalized spacial score (nSPS) is 10.7. The molecule has 5 nitrogen and oxygen atoms in total. The van der Waals surface area contributed by atoms with Crippen LogP contribution in [0.5, 0.6) is 0 Å². The summed E-state index contributed by atoms with van der Waals surface area (Å²) in [6.45, 7) is 9.71. The smallest absolute Gasteiger partial charge is 0.257 e. The number of aryl methyl sites for hydroxylation is 2. The van der Waals surface area contributed by atoms with Gasteiger partial charge in [0.15, 0.2) is 0 Å². The lowest BCUT2D eigenvalue weighted by molar-refractivity contribution is -0.121. The van der Waals surface area contributed by atoms with Crippen molar-refractivity contribution in [1.82, 2.24) is 10.2 Å². The first-order valence-corrected chi connectivity index (χ1v) is 9.12. The van der Waals surface area contributed by atoms with Gasteiger partial charge in [-0.25, -0.2) is 0 Å². The highest BCUT2D eigenvalue weighted by molar-refractivity contribution is 5.95. The number of nitrogens with one attached hydrogen (secondary N) is 1. The van der Waals surface area contributed by atoms with Crippen molar-refractivity contribution in [3.05, 3.63) is 23.2 Å². The lowest BCUT2D eigenvalue weighted by atomic mass is 10.2. The van der Waals surface area contributed by atoms with Crippen LogP contribution in [0.25, 0.3) is 0 Å². The molecule has 0 aromatic carbocycles. The fourth-order valence-electron chi connectivity index (χ4n) is 2.61. The van der Waals surface area contributed by atoms with E-state index in [4.69, 9.17) is 4.42 Å². The van der Waals surface area contributed by atoms with Gasteiger partial charge in [0.25, 0.3) is 5.91 Å². The molecule has 0 aliphatic carbocycles. The molecule has 0 bridgehead atoms. The number of amides is 2. The van der Waals surface area contributed by atoms with Crippen LogP contribution in [0.1, 0.15) is 74.3 Å². The zero-order valence-electron chi connectivity index (χ0n) is 15.6. The Hall–Kier alpha value is -1.78. The summed E-state index contributed by atoms with van der Waals surface area (Å²) in [5.74, 6) is 1.35. The van der Waals surface area contributed by atoms with E-state index in [9.17, 15) is 9.59 Å². The van der Waals surface area contributed by atoms with Crippen molar-refractivity contribution in [2.45, 2.75) is 66.2 Å². The Morgan fingerprint density at radius 3 is 2.38 bits per heavy atom. The summed E-state index contributed by atoms with van der Waals surface area (Å²) in [5.41, 5.74) is 0.604. The van der Waals surface area contributed by atoms with E-state index in [1.165, 1.54) is 0 Å². The van der Waals surface area contributed by atoms with Crippen LogP contribution in [0.15, 0.2) is 10.5 Å². The molecule has 1 heterocycles. The molecular weight excluding hydrogens is 304 g/mol. The number of rotatable bonds is 11. The number of unbranched alkanes of at least 4 members (excludes halogenated alkanes) is 3. The van der Waals surface area contributed by atoms with E-state index in [0.717, 1.165) is 44.4 Å². The molecule has 0 aliphatic rings. The Morgan fingerprint density at radius 1 is 1.08 bits per heavy atom. The van der Waals surface area contributed by atoms with Crippen LogP contribution in [0.2, 0.25) is 0 Å². The summed E-state index contributed by atoms with van der Waals surface area (Å²) in [7, 11) is 0. The van der Waals surface area contributed by atoms with Gasteiger partial charge in [-0.1, -0.05) is 33.1 Å². The van der Waals surface area contributed by atoms with Crippen molar-refractivity contribution in [3.8, 4) is 0 Å². The van der Waals surface area contributed by atoms with Crippen molar-refractivity contribution in [3.63, 3.8) is 0 Å². The van der Waals surface area contributed by atoms with E-state index in [2.05, 4.69) is 19.2 Å². The van der Waals surface area contributed by atoms with Crippen molar-refractivity contribution in [2.24, 2.45) is 0 Å². The van der Waals surface area contributed by atoms with Crippen LogP contribution in [0.4, 0.5) is 0 Å². The lowest BCUT2D eigenvalue weighted by Gasteiger charge is -2.22. The largest absolute Gasteiger partial charge is 0.466 e. The SMILES string of the molecule is CCCCCNC(=O)CCN(CCCC)C(=O)c1cc(C)oc1C. The predicted octanol–water partition coefficient (Wildman–Crippen LogP) is 3.84. The Bertz CT molecular complexity index is 523. The molecule has 1 rings (SSSR count). The number of furan rings is 1. The van der Waals surface area contributed by atoms with Gasteiger partial charge in [0.2, 0.25) is 5.91 Å². The zero-order valence-corrected chi connectivity index (χ0v) is 15.6. The average molecular weight is 336 g/mol. The highest BCUT2D eigenvalue weighted by atomic mass is 16.3. The van der Waals surface area contributed by atoms with Crippen LogP contribution in [0.3, 0.4) is 0 Å². The van der Waals surface area contributed by atoms with Gasteiger partial charge in [0.05, 0.1) is 5.56 Å². The molecule has 0 atom stereocenters. The summed E-state index contributed by atoms with van der Waals surface area (Å²) in [5, 5.41) is 2.93. The first-order valence-electron chi connectivity index (χ1n) is 9.12. The first-order chi connectivity index (χ1) is 11.5. The van der Waals surface area contributed by atoms with Crippen LogP contribution in [-0.2, 0) is 4.79 Å². The van der Waals surface area contributed by atoms with Gasteiger partial charge in [-0.3, -0.25) is 9.59 Å². The van der Waals surface area contributed by atoms with Crippen molar-refractivity contribution < 1.29 is 14.0 Å². The van der Waals surface area contributed by atoms with E-state index < -0.39 is 0 Å². The molecule has 0 aliphatic heterocycles. The molecular formula is C19H32N2O3. The Balaban J connectivity index is 2.57. The fourth-order valence-corrected chi connectivity index (χ4v) is 2.61. The van der Waals surface area contributed by atoms with Gasteiger partial charge in [-0.2, -0.15) is 0 Å². The number of hydrogen-bond acceptors (Lipinski definition) is 3. The van der Waals surface area contributed by atoms with E-state index >= 15 is 0 Å². The van der Waals surface area contributed by atoms with Gasteiger partial charge < -0.3 is 14.6 Å². The van der Waals surface area contributed by atoms with Gasteiger partial charge in [0, 0.05) is 26.1 Å². The Kier molecular flexibility index (Phi) is 9.20. The van der Waals surface area contributed by atoms with E-state index in [0.29, 0.717) is 30.8 Å². The summed E-state index contributed by atoms with van der Waals surface area (Å²) < 4.78 is 5.47. The maximum Gasteiger partial charge on any atom is 0.257 e. The molecule has 0 spiro atoms. The molecule has 0 fully saturated rings. The summed E-state index contributed by atoms with van der Waals surface area (Å²) in [4.78, 5) is 26.4. The first kappa shape index (κ1) is 20.3. The molecule has 1 aromatic rings. The monoisotopic (exact) mass is 336 g/mol. The molecule has 0 radical (unpaired) electrons. The molecule has 0 unspecified atom stereocenters. The van der Waals surface area contributed by atoms with Crippen LogP contribution < -0.4 is 5.32 Å². The second-order valence-electron chi connectivity index (χ2n) is 6.28.